The van der Waals surface area contributed by atoms with Crippen molar-refractivity contribution in [1.82, 2.24) is 25.9 Å². The number of rotatable bonds is 8. The predicted molar refractivity (Wildman–Crippen MR) is 169 cm³/mol. The van der Waals surface area contributed by atoms with Crippen molar-refractivity contribution in [1.29, 1.82) is 5.26 Å². The minimum absolute atomic E-state index is 0.00422. The Morgan fingerprint density at radius 3 is 2.68 bits per heavy atom. The zero-order valence-electron chi connectivity index (χ0n) is 23.5. The average molecular weight is 687 g/mol. The Labute approximate surface area is 258 Å². The number of hydrogen-bond acceptors (Lipinski definition) is 8. The van der Waals surface area contributed by atoms with Crippen molar-refractivity contribution in [2.45, 2.75) is 65.0 Å². The van der Waals surface area contributed by atoms with Gasteiger partial charge in [-0.2, -0.15) is 9.65 Å². The molecule has 4 N–H and O–H groups in total. The van der Waals surface area contributed by atoms with Crippen LogP contribution in [-0.4, -0.2) is 27.1 Å². The fraction of sp³-hybridized carbons (Fsp3) is 0.433. The van der Waals surface area contributed by atoms with E-state index in [0.717, 1.165) is 26.0 Å². The lowest BCUT2D eigenvalue weighted by Gasteiger charge is -2.29. The zero-order chi connectivity index (χ0) is 29.1. The third-order valence-electron chi connectivity index (χ3n) is 8.11. The molecule has 0 unspecified atom stereocenters. The second kappa shape index (κ2) is 10.4. The van der Waals surface area contributed by atoms with Crippen LogP contribution in [0.5, 0.6) is 0 Å². The first kappa shape index (κ1) is 28.2. The van der Waals surface area contributed by atoms with Crippen LogP contribution in [0.4, 0.5) is 15.8 Å². The van der Waals surface area contributed by atoms with Gasteiger partial charge in [-0.25, -0.2) is 4.98 Å². The molecule has 0 radical (unpaired) electrons. The predicted octanol–water partition coefficient (Wildman–Crippen LogP) is 7.09. The first-order valence-corrected chi connectivity index (χ1v) is 15.3. The highest BCUT2D eigenvalue weighted by atomic mass is 127. The van der Waals surface area contributed by atoms with E-state index in [1.165, 1.54) is 31.7 Å². The molecular formula is C30H33ClFIN8. The standard InChI is InChI=1S/C30H33ClFIN8/c1-16-20(7-8-23(32)37-16)26(27-28(33)41(40-39-27)30(9-10-30)18-5-6-18)38-19-11-21-24(36-15-29(2,3)4)17(13-34)14-35-25(21)22(31)12-19/h7-8,11-12,14,18,26,38-40H,5-6,9-10,15H2,1-4H3,(H,35,36)/t26-/m0/s1. The highest BCUT2D eigenvalue weighted by Crippen LogP contribution is 2.59. The maximum Gasteiger partial charge on any atom is 0.213 e. The van der Waals surface area contributed by atoms with Crippen LogP contribution >= 0.6 is 34.2 Å². The largest absolute Gasteiger partial charge is 0.383 e. The molecule has 8 nitrogen and oxygen atoms in total. The highest BCUT2D eigenvalue weighted by Gasteiger charge is 2.60. The van der Waals surface area contributed by atoms with Crippen molar-refractivity contribution in [3.8, 4) is 6.07 Å². The number of aromatic nitrogens is 2. The van der Waals surface area contributed by atoms with Crippen LogP contribution in [0.2, 0.25) is 5.02 Å². The maximum atomic E-state index is 14.1. The molecule has 3 aliphatic rings. The average Bonchev–Trinajstić information content (AvgIpc) is 3.83. The first-order chi connectivity index (χ1) is 19.5. The van der Waals surface area contributed by atoms with E-state index >= 15 is 0 Å². The van der Waals surface area contributed by atoms with Gasteiger partial charge in [-0.1, -0.05) is 38.4 Å². The van der Waals surface area contributed by atoms with Crippen LogP contribution < -0.4 is 21.6 Å². The minimum atomic E-state index is -0.517. The van der Waals surface area contributed by atoms with Crippen molar-refractivity contribution >= 4 is 56.5 Å². The highest BCUT2D eigenvalue weighted by molar-refractivity contribution is 14.1. The second-order valence-corrected chi connectivity index (χ2v) is 13.9. The number of aryl methyl sites for hydroxylation is 1. The number of halogens is 3. The summed E-state index contributed by atoms with van der Waals surface area (Å²) >= 11 is 9.20. The summed E-state index contributed by atoms with van der Waals surface area (Å²) in [7, 11) is 0. The zero-order valence-corrected chi connectivity index (χ0v) is 26.4. The molecule has 1 aliphatic heterocycles. The molecule has 0 spiro atoms. The molecule has 0 amide bonds. The van der Waals surface area contributed by atoms with E-state index in [0.29, 0.717) is 39.9 Å². The molecule has 2 saturated carbocycles. The fourth-order valence-corrected chi connectivity index (χ4v) is 7.00. The molecule has 3 aromatic rings. The summed E-state index contributed by atoms with van der Waals surface area (Å²) in [6.45, 7) is 8.89. The topological polar surface area (TPSA) is 101 Å². The van der Waals surface area contributed by atoms with Crippen LogP contribution in [-0.2, 0) is 0 Å². The SMILES string of the molecule is Cc1nc(F)ccc1[C@H](Nc1cc(Cl)c2ncc(C#N)c(NCC(C)(C)C)c2c1)C1=C(I)N(C2(C3CC3)CC2)NN1. The number of benzene rings is 1. The lowest BCUT2D eigenvalue weighted by Crippen LogP contribution is -2.47. The summed E-state index contributed by atoms with van der Waals surface area (Å²) in [4.78, 5) is 8.63. The molecule has 6 rings (SSSR count). The fourth-order valence-electron chi connectivity index (χ4n) is 5.69. The second-order valence-electron chi connectivity index (χ2n) is 12.5. The van der Waals surface area contributed by atoms with E-state index in [1.807, 2.05) is 19.1 Å². The molecule has 3 heterocycles. The lowest BCUT2D eigenvalue weighted by molar-refractivity contribution is 0.154. The van der Waals surface area contributed by atoms with Gasteiger partial charge < -0.3 is 16.1 Å². The van der Waals surface area contributed by atoms with E-state index in [9.17, 15) is 9.65 Å². The molecule has 214 valence electrons. The van der Waals surface area contributed by atoms with E-state index in [1.54, 1.807) is 12.3 Å². The molecular weight excluding hydrogens is 654 g/mol. The Morgan fingerprint density at radius 2 is 2.05 bits per heavy atom. The van der Waals surface area contributed by atoms with Gasteiger partial charge in [0.2, 0.25) is 5.95 Å². The number of nitrogens with zero attached hydrogens (tertiary/aromatic N) is 4. The van der Waals surface area contributed by atoms with E-state index < -0.39 is 5.95 Å². The maximum absolute atomic E-state index is 14.1. The summed E-state index contributed by atoms with van der Waals surface area (Å²) < 4.78 is 15.1. The number of hydrazine groups is 2. The number of anilines is 2. The summed E-state index contributed by atoms with van der Waals surface area (Å²) in [5.74, 6) is 0.193. The summed E-state index contributed by atoms with van der Waals surface area (Å²) in [5, 5.41) is 20.5. The van der Waals surface area contributed by atoms with Crippen LogP contribution in [0, 0.1) is 35.5 Å². The van der Waals surface area contributed by atoms with Crippen LogP contribution in [0.1, 0.15) is 69.3 Å². The van der Waals surface area contributed by atoms with Gasteiger partial charge in [0.15, 0.2) is 0 Å². The number of fused-ring (bicyclic) bond motifs is 1. The molecule has 2 aromatic heterocycles. The van der Waals surface area contributed by atoms with Gasteiger partial charge in [-0.3, -0.25) is 9.99 Å². The molecule has 41 heavy (non-hydrogen) atoms. The Bertz CT molecular complexity index is 1600. The van der Waals surface area contributed by atoms with Crippen LogP contribution in [0.25, 0.3) is 10.9 Å². The van der Waals surface area contributed by atoms with Gasteiger partial charge in [0.05, 0.1) is 39.1 Å². The third kappa shape index (κ3) is 5.40. The van der Waals surface area contributed by atoms with Gasteiger partial charge in [0, 0.05) is 35.1 Å². The van der Waals surface area contributed by atoms with Crippen LogP contribution in [0.15, 0.2) is 39.9 Å². The van der Waals surface area contributed by atoms with Crippen molar-refractivity contribution in [2.24, 2.45) is 11.3 Å². The Hall–Kier alpha value is -2.88. The van der Waals surface area contributed by atoms with Crippen molar-refractivity contribution in [2.75, 3.05) is 17.2 Å². The summed E-state index contributed by atoms with van der Waals surface area (Å²) in [6, 6.07) is 8.87. The Balaban J connectivity index is 1.43. The Morgan fingerprint density at radius 1 is 1.29 bits per heavy atom. The van der Waals surface area contributed by atoms with E-state index in [-0.39, 0.29) is 17.0 Å². The molecule has 1 atom stereocenters. The van der Waals surface area contributed by atoms with Gasteiger partial charge in [-0.05, 0) is 84.7 Å². The van der Waals surface area contributed by atoms with E-state index in [2.05, 4.69) is 86.0 Å². The molecule has 2 aliphatic carbocycles. The number of nitriles is 1. The van der Waals surface area contributed by atoms with Gasteiger partial charge in [0.25, 0.3) is 0 Å². The monoisotopic (exact) mass is 686 g/mol. The smallest absolute Gasteiger partial charge is 0.213 e. The molecule has 1 aromatic carbocycles. The summed E-state index contributed by atoms with van der Waals surface area (Å²) in [5.41, 5.74) is 11.9. The van der Waals surface area contributed by atoms with Crippen LogP contribution in [0.3, 0.4) is 0 Å². The molecule has 2 fully saturated rings. The number of nitrogens with one attached hydrogen (secondary N) is 4. The molecule has 11 heteroatoms. The first-order valence-electron chi connectivity index (χ1n) is 13.9. The molecule has 0 bridgehead atoms. The Kier molecular flexibility index (Phi) is 7.19. The minimum Gasteiger partial charge on any atom is -0.383 e. The number of pyridine rings is 2. The van der Waals surface area contributed by atoms with E-state index in [4.69, 9.17) is 11.6 Å². The summed E-state index contributed by atoms with van der Waals surface area (Å²) in [6.07, 6.45) is 6.42. The van der Waals surface area contributed by atoms with Gasteiger partial charge in [0.1, 0.15) is 9.77 Å². The van der Waals surface area contributed by atoms with Crippen molar-refractivity contribution in [3.05, 3.63) is 67.7 Å². The number of hydrogen-bond donors (Lipinski definition) is 4. The van der Waals surface area contributed by atoms with Gasteiger partial charge >= 0.3 is 0 Å². The molecule has 0 saturated heterocycles. The van der Waals surface area contributed by atoms with Gasteiger partial charge in [-0.15, -0.1) is 5.53 Å². The quantitative estimate of drug-likeness (QED) is 0.113. The lowest BCUT2D eigenvalue weighted by atomic mass is 9.96. The third-order valence-corrected chi connectivity index (χ3v) is 9.46. The normalized spacial score (nSPS) is 18.7. The van der Waals surface area contributed by atoms with Crippen molar-refractivity contribution in [3.63, 3.8) is 0 Å². The van der Waals surface area contributed by atoms with Crippen molar-refractivity contribution < 1.29 is 4.39 Å².